The van der Waals surface area contributed by atoms with Gasteiger partial charge in [-0.15, -0.1) is 11.3 Å². The van der Waals surface area contributed by atoms with E-state index in [1.165, 1.54) is 38.2 Å². The summed E-state index contributed by atoms with van der Waals surface area (Å²) in [6.45, 7) is 0. The Labute approximate surface area is 114 Å². The van der Waals surface area contributed by atoms with Gasteiger partial charge >= 0.3 is 0 Å². The van der Waals surface area contributed by atoms with Gasteiger partial charge in [-0.05, 0) is 28.3 Å². The Morgan fingerprint density at radius 1 is 1.41 bits per heavy atom. The molecule has 17 heavy (non-hydrogen) atoms. The van der Waals surface area contributed by atoms with Crippen LogP contribution in [0.5, 0.6) is 0 Å². The van der Waals surface area contributed by atoms with Gasteiger partial charge in [-0.1, -0.05) is 32.1 Å². The average molecular weight is 319 g/mol. The van der Waals surface area contributed by atoms with E-state index in [2.05, 4.69) is 15.9 Å². The van der Waals surface area contributed by atoms with Gasteiger partial charge in [0.25, 0.3) is 0 Å². The fourth-order valence-corrected chi connectivity index (χ4v) is 4.02. The molecule has 1 aliphatic carbocycles. The van der Waals surface area contributed by atoms with Crippen LogP contribution in [0.15, 0.2) is 10.5 Å². The summed E-state index contributed by atoms with van der Waals surface area (Å²) in [5.41, 5.74) is 0. The van der Waals surface area contributed by atoms with Crippen molar-refractivity contribution >= 4 is 33.0 Å². The molecule has 0 aromatic carbocycles. The third kappa shape index (κ3) is 3.62. The Kier molecular flexibility index (Phi) is 4.74. The minimum atomic E-state index is -0.294. The van der Waals surface area contributed by atoms with Crippen LogP contribution in [0, 0.1) is 11.0 Å². The number of rotatable bonds is 4. The molecule has 0 N–H and O–H groups in total. The van der Waals surface area contributed by atoms with E-state index in [0.717, 1.165) is 17.8 Å². The van der Waals surface area contributed by atoms with Crippen molar-refractivity contribution in [2.75, 3.05) is 0 Å². The van der Waals surface area contributed by atoms with Crippen LogP contribution in [0.2, 0.25) is 0 Å². The molecule has 94 valence electrons. The first-order chi connectivity index (χ1) is 8.16. The highest BCUT2D eigenvalue weighted by molar-refractivity contribution is 9.10. The maximum Gasteiger partial charge on any atom is 0.178 e. The molecular formula is C13H16BrFOS. The molecule has 1 heterocycles. The third-order valence-electron chi connectivity index (χ3n) is 3.41. The molecule has 0 bridgehead atoms. The molecule has 2 rings (SSSR count). The van der Waals surface area contributed by atoms with E-state index in [1.54, 1.807) is 0 Å². The van der Waals surface area contributed by atoms with E-state index in [-0.39, 0.29) is 10.9 Å². The average Bonchev–Trinajstić information content (AvgIpc) is 2.67. The van der Waals surface area contributed by atoms with Crippen LogP contribution in [-0.4, -0.2) is 5.78 Å². The maximum atomic E-state index is 13.0. The molecule has 1 saturated carbocycles. The predicted octanol–water partition coefficient (Wildman–Crippen LogP) is 5.19. The summed E-state index contributed by atoms with van der Waals surface area (Å²) >= 11 is 4.18. The number of thiophene rings is 1. The highest BCUT2D eigenvalue weighted by Gasteiger charge is 2.18. The van der Waals surface area contributed by atoms with Crippen molar-refractivity contribution in [2.24, 2.45) is 5.92 Å². The Morgan fingerprint density at radius 3 is 2.71 bits per heavy atom. The second-order valence-electron chi connectivity index (χ2n) is 4.69. The van der Waals surface area contributed by atoms with Gasteiger partial charge in [-0.25, -0.2) is 0 Å². The number of ketones is 1. The molecule has 0 radical (unpaired) electrons. The van der Waals surface area contributed by atoms with Crippen LogP contribution in [-0.2, 0) is 0 Å². The SMILES string of the molecule is O=C(CCC1CCCCC1)c1sc(F)cc1Br. The van der Waals surface area contributed by atoms with Crippen molar-refractivity contribution in [3.05, 3.63) is 20.5 Å². The van der Waals surface area contributed by atoms with Crippen molar-refractivity contribution in [1.82, 2.24) is 0 Å². The Balaban J connectivity index is 1.86. The van der Waals surface area contributed by atoms with Crippen LogP contribution in [0.4, 0.5) is 4.39 Å². The number of carbonyl (C=O) groups excluding carboxylic acids is 1. The third-order valence-corrected chi connectivity index (χ3v) is 5.27. The molecule has 1 fully saturated rings. The van der Waals surface area contributed by atoms with Gasteiger partial charge in [0.1, 0.15) is 0 Å². The number of halogens is 2. The molecule has 0 saturated heterocycles. The van der Waals surface area contributed by atoms with Gasteiger partial charge < -0.3 is 0 Å². The molecule has 4 heteroatoms. The van der Waals surface area contributed by atoms with Gasteiger partial charge in [0.2, 0.25) is 0 Å². The fraction of sp³-hybridized carbons (Fsp3) is 0.615. The lowest BCUT2D eigenvalue weighted by Gasteiger charge is -2.20. The number of Topliss-reactive ketones (excluding diaryl/α,β-unsaturated/α-hetero) is 1. The first kappa shape index (κ1) is 13.2. The van der Waals surface area contributed by atoms with Crippen molar-refractivity contribution in [1.29, 1.82) is 0 Å². The summed E-state index contributed by atoms with van der Waals surface area (Å²) in [6, 6.07) is 1.37. The van der Waals surface area contributed by atoms with Crippen LogP contribution in [0.3, 0.4) is 0 Å². The lowest BCUT2D eigenvalue weighted by atomic mass is 9.85. The molecule has 1 aliphatic rings. The number of carbonyl (C=O) groups is 1. The molecule has 0 aliphatic heterocycles. The van der Waals surface area contributed by atoms with E-state index in [1.807, 2.05) is 0 Å². The smallest absolute Gasteiger partial charge is 0.178 e. The highest BCUT2D eigenvalue weighted by Crippen LogP contribution is 2.31. The minimum Gasteiger partial charge on any atom is -0.293 e. The lowest BCUT2D eigenvalue weighted by Crippen LogP contribution is -2.08. The zero-order chi connectivity index (χ0) is 12.3. The van der Waals surface area contributed by atoms with Crippen LogP contribution < -0.4 is 0 Å². The molecule has 1 aromatic heterocycles. The van der Waals surface area contributed by atoms with Gasteiger partial charge in [-0.2, -0.15) is 4.39 Å². The molecule has 1 nitrogen and oxygen atoms in total. The van der Waals surface area contributed by atoms with E-state index >= 15 is 0 Å². The summed E-state index contributed by atoms with van der Waals surface area (Å²) in [5.74, 6) is 0.785. The zero-order valence-electron chi connectivity index (χ0n) is 9.68. The van der Waals surface area contributed by atoms with Gasteiger partial charge in [0.05, 0.1) is 4.88 Å². The van der Waals surface area contributed by atoms with Crippen LogP contribution in [0.25, 0.3) is 0 Å². The Morgan fingerprint density at radius 2 is 2.12 bits per heavy atom. The highest BCUT2D eigenvalue weighted by atomic mass is 79.9. The largest absolute Gasteiger partial charge is 0.293 e. The Hall–Kier alpha value is -0.220. The molecule has 0 atom stereocenters. The fourth-order valence-electron chi connectivity index (χ4n) is 2.46. The van der Waals surface area contributed by atoms with E-state index in [0.29, 0.717) is 21.7 Å². The first-order valence-corrected chi connectivity index (χ1v) is 7.76. The number of hydrogen-bond acceptors (Lipinski definition) is 2. The predicted molar refractivity (Wildman–Crippen MR) is 72.1 cm³/mol. The van der Waals surface area contributed by atoms with Gasteiger partial charge in [0.15, 0.2) is 10.9 Å². The van der Waals surface area contributed by atoms with E-state index in [4.69, 9.17) is 0 Å². The zero-order valence-corrected chi connectivity index (χ0v) is 12.1. The molecule has 0 unspecified atom stereocenters. The molecule has 1 aromatic rings. The van der Waals surface area contributed by atoms with E-state index in [9.17, 15) is 9.18 Å². The lowest BCUT2D eigenvalue weighted by molar-refractivity contribution is 0.0973. The molecule has 0 amide bonds. The van der Waals surface area contributed by atoms with Gasteiger partial charge in [0, 0.05) is 17.0 Å². The van der Waals surface area contributed by atoms with Crippen molar-refractivity contribution in [2.45, 2.75) is 44.9 Å². The summed E-state index contributed by atoms with van der Waals surface area (Å²) in [6.07, 6.45) is 7.98. The molecule has 0 spiro atoms. The first-order valence-electron chi connectivity index (χ1n) is 6.15. The van der Waals surface area contributed by atoms with Crippen molar-refractivity contribution in [3.63, 3.8) is 0 Å². The number of hydrogen-bond donors (Lipinski definition) is 0. The maximum absolute atomic E-state index is 13.0. The normalized spacial score (nSPS) is 17.3. The summed E-state index contributed by atoms with van der Waals surface area (Å²) in [4.78, 5) is 12.5. The molecular weight excluding hydrogens is 303 g/mol. The second-order valence-corrected chi connectivity index (χ2v) is 6.55. The summed E-state index contributed by atoms with van der Waals surface area (Å²) in [7, 11) is 0. The van der Waals surface area contributed by atoms with Crippen LogP contribution >= 0.6 is 27.3 Å². The van der Waals surface area contributed by atoms with Gasteiger partial charge in [-0.3, -0.25) is 4.79 Å². The van der Waals surface area contributed by atoms with Crippen molar-refractivity contribution < 1.29 is 9.18 Å². The van der Waals surface area contributed by atoms with E-state index < -0.39 is 0 Å². The second kappa shape index (κ2) is 6.10. The standard InChI is InChI=1S/C13H16BrFOS/c14-10-8-12(15)17-13(10)11(16)7-6-9-4-2-1-3-5-9/h8-9H,1-7H2. The summed E-state index contributed by atoms with van der Waals surface area (Å²) in [5, 5.41) is -0.294. The minimum absolute atomic E-state index is 0.0800. The topological polar surface area (TPSA) is 17.1 Å². The monoisotopic (exact) mass is 318 g/mol. The Bertz CT molecular complexity index is 396. The summed E-state index contributed by atoms with van der Waals surface area (Å²) < 4.78 is 13.6. The van der Waals surface area contributed by atoms with Crippen molar-refractivity contribution in [3.8, 4) is 0 Å². The quantitative estimate of drug-likeness (QED) is 0.698. The van der Waals surface area contributed by atoms with Crippen LogP contribution in [0.1, 0.15) is 54.6 Å².